The Morgan fingerprint density at radius 2 is 2.24 bits per heavy atom. The third kappa shape index (κ3) is 3.56. The summed E-state index contributed by atoms with van der Waals surface area (Å²) in [5.41, 5.74) is 1.13. The Kier molecular flexibility index (Phi) is 5.13. The van der Waals surface area contributed by atoms with Crippen molar-refractivity contribution in [3.05, 3.63) is 39.6 Å². The van der Waals surface area contributed by atoms with Crippen LogP contribution in [0, 0.1) is 14.9 Å². The number of nitrogens with one attached hydrogen (secondary N) is 1. The SMILES string of the molecule is N#C[C@@H]1CC(F)CN1C(=O)CNC(=O)c1ccnc2c(I)cccc12. The van der Waals surface area contributed by atoms with Crippen molar-refractivity contribution >= 4 is 45.3 Å². The smallest absolute Gasteiger partial charge is 0.252 e. The van der Waals surface area contributed by atoms with Gasteiger partial charge in [-0.2, -0.15) is 5.26 Å². The monoisotopic (exact) mass is 452 g/mol. The van der Waals surface area contributed by atoms with Crippen LogP contribution in [-0.2, 0) is 4.79 Å². The number of likely N-dealkylation sites (tertiary alicyclic amines) is 1. The van der Waals surface area contributed by atoms with Crippen molar-refractivity contribution in [2.45, 2.75) is 18.6 Å². The van der Waals surface area contributed by atoms with Crippen LogP contribution >= 0.6 is 22.6 Å². The van der Waals surface area contributed by atoms with Crippen LogP contribution in [0.25, 0.3) is 10.9 Å². The van der Waals surface area contributed by atoms with E-state index in [9.17, 15) is 14.0 Å². The topological polar surface area (TPSA) is 86.1 Å². The Morgan fingerprint density at radius 1 is 1.44 bits per heavy atom. The highest BCUT2D eigenvalue weighted by Gasteiger charge is 2.35. The van der Waals surface area contributed by atoms with Crippen LogP contribution in [0.2, 0.25) is 0 Å². The first-order chi connectivity index (χ1) is 12.0. The molecular formula is C17H14FIN4O2. The van der Waals surface area contributed by atoms with Crippen molar-refractivity contribution in [1.29, 1.82) is 5.26 Å². The Hall–Kier alpha value is -2.28. The maximum atomic E-state index is 13.4. The molecule has 1 aromatic heterocycles. The quantitative estimate of drug-likeness (QED) is 0.723. The number of aromatic nitrogens is 1. The zero-order valence-corrected chi connectivity index (χ0v) is 15.2. The minimum absolute atomic E-state index is 0.0175. The molecule has 2 aromatic rings. The molecule has 128 valence electrons. The summed E-state index contributed by atoms with van der Waals surface area (Å²) in [5.74, 6) is -0.875. The number of carbonyl (C=O) groups is 2. The molecule has 6 nitrogen and oxygen atoms in total. The summed E-state index contributed by atoms with van der Waals surface area (Å²) < 4.78 is 14.3. The summed E-state index contributed by atoms with van der Waals surface area (Å²) in [5, 5.41) is 12.2. The predicted octanol–water partition coefficient (Wildman–Crippen LogP) is 2.03. The summed E-state index contributed by atoms with van der Waals surface area (Å²) in [6.45, 7) is -0.388. The zero-order chi connectivity index (χ0) is 18.0. The number of halogens is 2. The lowest BCUT2D eigenvalue weighted by molar-refractivity contribution is -0.130. The first kappa shape index (κ1) is 17.5. The number of nitrogens with zero attached hydrogens (tertiary/aromatic N) is 3. The molecule has 1 aliphatic rings. The normalized spacial score (nSPS) is 19.6. The van der Waals surface area contributed by atoms with Gasteiger partial charge in [-0.15, -0.1) is 0 Å². The first-order valence-electron chi connectivity index (χ1n) is 7.66. The number of pyridine rings is 1. The molecule has 1 aromatic carbocycles. The third-order valence-electron chi connectivity index (χ3n) is 4.09. The largest absolute Gasteiger partial charge is 0.343 e. The molecule has 0 radical (unpaired) electrons. The van der Waals surface area contributed by atoms with E-state index in [1.165, 1.54) is 4.90 Å². The van der Waals surface area contributed by atoms with Crippen molar-refractivity contribution in [1.82, 2.24) is 15.2 Å². The summed E-state index contributed by atoms with van der Waals surface area (Å²) in [7, 11) is 0. The highest BCUT2D eigenvalue weighted by molar-refractivity contribution is 14.1. The van der Waals surface area contributed by atoms with E-state index in [2.05, 4.69) is 32.9 Å². The molecule has 0 spiro atoms. The maximum Gasteiger partial charge on any atom is 0.252 e. The Balaban J connectivity index is 1.73. The average Bonchev–Trinajstić information content (AvgIpc) is 3.00. The molecule has 1 fully saturated rings. The molecule has 1 aliphatic heterocycles. The van der Waals surface area contributed by atoms with Crippen LogP contribution in [0.15, 0.2) is 30.5 Å². The van der Waals surface area contributed by atoms with Crippen molar-refractivity contribution in [2.24, 2.45) is 0 Å². The minimum atomic E-state index is -1.20. The molecule has 1 N–H and O–H groups in total. The summed E-state index contributed by atoms with van der Waals surface area (Å²) in [6.07, 6.45) is 0.362. The van der Waals surface area contributed by atoms with Crippen LogP contribution in [-0.4, -0.2) is 47.0 Å². The summed E-state index contributed by atoms with van der Waals surface area (Å²) in [4.78, 5) is 30.1. The van der Waals surface area contributed by atoms with Crippen LogP contribution < -0.4 is 5.32 Å². The van der Waals surface area contributed by atoms with Crippen LogP contribution in [0.4, 0.5) is 4.39 Å². The van der Waals surface area contributed by atoms with Gasteiger partial charge in [-0.1, -0.05) is 12.1 Å². The van der Waals surface area contributed by atoms with Gasteiger partial charge in [-0.25, -0.2) is 4.39 Å². The number of rotatable bonds is 3. The first-order valence-corrected chi connectivity index (χ1v) is 8.73. The number of nitriles is 1. The van der Waals surface area contributed by atoms with Crippen LogP contribution in [0.3, 0.4) is 0 Å². The fourth-order valence-electron chi connectivity index (χ4n) is 2.87. The van der Waals surface area contributed by atoms with Gasteiger partial charge in [0.2, 0.25) is 5.91 Å². The predicted molar refractivity (Wildman–Crippen MR) is 97.4 cm³/mol. The molecule has 2 amide bonds. The van der Waals surface area contributed by atoms with Gasteiger partial charge >= 0.3 is 0 Å². The second-order valence-electron chi connectivity index (χ2n) is 5.70. The van der Waals surface area contributed by atoms with E-state index in [-0.39, 0.29) is 19.5 Å². The van der Waals surface area contributed by atoms with Crippen molar-refractivity contribution in [3.8, 4) is 6.07 Å². The standard InChI is InChI=1S/C17H14FIN4O2/c18-10-6-11(7-20)23(9-10)15(24)8-22-17(25)13-4-5-21-16-12(13)2-1-3-14(16)19/h1-5,10-11H,6,8-9H2,(H,22,25)/t10?,11-/m0/s1. The molecule has 0 saturated carbocycles. The lowest BCUT2D eigenvalue weighted by atomic mass is 10.1. The van der Waals surface area contributed by atoms with Crippen LogP contribution in [0.1, 0.15) is 16.8 Å². The van der Waals surface area contributed by atoms with E-state index >= 15 is 0 Å². The Bertz CT molecular complexity index is 883. The molecular weight excluding hydrogens is 438 g/mol. The van der Waals surface area contributed by atoms with E-state index in [0.29, 0.717) is 16.5 Å². The lowest BCUT2D eigenvalue weighted by Crippen LogP contribution is -2.42. The van der Waals surface area contributed by atoms with E-state index < -0.39 is 24.0 Å². The molecule has 1 saturated heterocycles. The van der Waals surface area contributed by atoms with Gasteiger partial charge in [-0.05, 0) is 34.7 Å². The number of carbonyl (C=O) groups excluding carboxylic acids is 2. The van der Waals surface area contributed by atoms with Gasteiger partial charge in [0.05, 0.1) is 30.2 Å². The van der Waals surface area contributed by atoms with Gasteiger partial charge in [0.15, 0.2) is 0 Å². The van der Waals surface area contributed by atoms with Crippen molar-refractivity contribution in [3.63, 3.8) is 0 Å². The number of hydrogen-bond donors (Lipinski definition) is 1. The van der Waals surface area contributed by atoms with Crippen molar-refractivity contribution < 1.29 is 14.0 Å². The second kappa shape index (κ2) is 7.31. The maximum absolute atomic E-state index is 13.4. The van der Waals surface area contributed by atoms with E-state index in [1.807, 2.05) is 18.2 Å². The number of fused-ring (bicyclic) bond motifs is 1. The van der Waals surface area contributed by atoms with Gasteiger partial charge in [0, 0.05) is 21.6 Å². The fraction of sp³-hybridized carbons (Fsp3) is 0.294. The second-order valence-corrected chi connectivity index (χ2v) is 6.86. The lowest BCUT2D eigenvalue weighted by Gasteiger charge is -2.19. The van der Waals surface area contributed by atoms with E-state index in [4.69, 9.17) is 5.26 Å². The molecule has 8 heteroatoms. The van der Waals surface area contributed by atoms with Crippen molar-refractivity contribution in [2.75, 3.05) is 13.1 Å². The summed E-state index contributed by atoms with van der Waals surface area (Å²) in [6, 6.07) is 8.25. The molecule has 0 aliphatic carbocycles. The summed E-state index contributed by atoms with van der Waals surface area (Å²) >= 11 is 2.14. The van der Waals surface area contributed by atoms with Gasteiger partial charge in [0.1, 0.15) is 12.2 Å². The van der Waals surface area contributed by atoms with E-state index in [0.717, 1.165) is 3.57 Å². The fourth-order valence-corrected chi connectivity index (χ4v) is 3.51. The molecule has 3 rings (SSSR count). The molecule has 2 atom stereocenters. The van der Waals surface area contributed by atoms with Gasteiger partial charge in [0.25, 0.3) is 5.91 Å². The number of para-hydroxylation sites is 1. The molecule has 1 unspecified atom stereocenters. The third-order valence-corrected chi connectivity index (χ3v) is 4.96. The molecule has 2 heterocycles. The highest BCUT2D eigenvalue weighted by atomic mass is 127. The minimum Gasteiger partial charge on any atom is -0.343 e. The average molecular weight is 452 g/mol. The Labute approximate surface area is 157 Å². The number of alkyl halides is 1. The highest BCUT2D eigenvalue weighted by Crippen LogP contribution is 2.22. The number of benzene rings is 1. The number of hydrogen-bond acceptors (Lipinski definition) is 4. The van der Waals surface area contributed by atoms with E-state index in [1.54, 1.807) is 18.3 Å². The van der Waals surface area contributed by atoms with Gasteiger partial charge in [-0.3, -0.25) is 14.6 Å². The molecule has 25 heavy (non-hydrogen) atoms. The zero-order valence-electron chi connectivity index (χ0n) is 13.1. The van der Waals surface area contributed by atoms with Crippen LogP contribution in [0.5, 0.6) is 0 Å². The Morgan fingerprint density at radius 3 is 3.00 bits per heavy atom. The molecule has 0 bridgehead atoms. The van der Waals surface area contributed by atoms with Gasteiger partial charge < -0.3 is 10.2 Å². The number of amides is 2.